The molecule has 1 atom stereocenters. The van der Waals surface area contributed by atoms with Gasteiger partial charge in [-0.15, -0.1) is 0 Å². The Morgan fingerprint density at radius 2 is 2.41 bits per heavy atom. The minimum absolute atomic E-state index is 0.0697. The Hall–Kier alpha value is -2.15. The molecule has 0 bridgehead atoms. The zero-order valence-electron chi connectivity index (χ0n) is 13.0. The normalized spacial score (nSPS) is 19.3. The number of hydrogen-bond donors (Lipinski definition) is 1. The van der Waals surface area contributed by atoms with Crippen molar-refractivity contribution in [2.75, 3.05) is 31.8 Å². The highest BCUT2D eigenvalue weighted by atomic mass is 16.5. The van der Waals surface area contributed by atoms with Crippen molar-refractivity contribution in [3.63, 3.8) is 0 Å². The van der Waals surface area contributed by atoms with Crippen molar-refractivity contribution in [1.82, 2.24) is 20.0 Å². The quantitative estimate of drug-likeness (QED) is 0.865. The predicted octanol–water partition coefficient (Wildman–Crippen LogP) is 1.58. The smallest absolute Gasteiger partial charge is 0.310 e. The van der Waals surface area contributed by atoms with E-state index in [1.54, 1.807) is 6.33 Å². The lowest BCUT2D eigenvalue weighted by Crippen LogP contribution is -2.48. The summed E-state index contributed by atoms with van der Waals surface area (Å²) >= 11 is 0. The van der Waals surface area contributed by atoms with Gasteiger partial charge in [0.15, 0.2) is 5.82 Å². The zero-order chi connectivity index (χ0) is 15.5. The van der Waals surface area contributed by atoms with Crippen molar-refractivity contribution in [2.24, 2.45) is 5.92 Å². The molecule has 1 aliphatic rings. The summed E-state index contributed by atoms with van der Waals surface area (Å²) < 4.78 is 5.16. The average molecular weight is 303 g/mol. The maximum atomic E-state index is 12.0. The highest BCUT2D eigenvalue weighted by Crippen LogP contribution is 2.25. The van der Waals surface area contributed by atoms with Gasteiger partial charge < -0.3 is 9.72 Å². The molecule has 2 aromatic heterocycles. The fourth-order valence-corrected chi connectivity index (χ4v) is 2.93. The van der Waals surface area contributed by atoms with Crippen molar-refractivity contribution in [3.8, 4) is 0 Å². The van der Waals surface area contributed by atoms with Gasteiger partial charge in [0.25, 0.3) is 0 Å². The molecule has 0 saturated carbocycles. The number of H-pyrrole nitrogens is 1. The van der Waals surface area contributed by atoms with Crippen molar-refractivity contribution >= 4 is 22.8 Å². The fraction of sp³-hybridized carbons (Fsp3) is 0.533. The highest BCUT2D eigenvalue weighted by Gasteiger charge is 2.29. The number of carbonyl (C=O) groups is 1. The van der Waals surface area contributed by atoms with Crippen LogP contribution in [0.1, 0.15) is 19.8 Å². The average Bonchev–Trinajstić information content (AvgIpc) is 3.03. The molecule has 7 nitrogen and oxygen atoms in total. The molecular formula is C15H21N5O2. The van der Waals surface area contributed by atoms with Crippen LogP contribution in [0.25, 0.3) is 11.0 Å². The number of nitrogens with zero attached hydrogens (tertiary/aromatic N) is 4. The topological polar surface area (TPSA) is 74.3 Å². The van der Waals surface area contributed by atoms with Crippen molar-refractivity contribution in [3.05, 3.63) is 18.6 Å². The SMILES string of the molecule is CCOC(=O)C1CCCN(N(C)c2ncnc3[nH]ccc23)C1. The summed E-state index contributed by atoms with van der Waals surface area (Å²) in [4.78, 5) is 23.7. The number of hydrogen-bond acceptors (Lipinski definition) is 6. The van der Waals surface area contributed by atoms with Gasteiger partial charge in [-0.05, 0) is 25.8 Å². The molecule has 1 N–H and O–H groups in total. The maximum absolute atomic E-state index is 12.0. The number of fused-ring (bicyclic) bond motifs is 1. The Kier molecular flexibility index (Phi) is 4.24. The van der Waals surface area contributed by atoms with Gasteiger partial charge in [0.05, 0.1) is 17.9 Å². The second-order valence-electron chi connectivity index (χ2n) is 5.46. The Morgan fingerprint density at radius 1 is 1.55 bits per heavy atom. The molecule has 3 heterocycles. The van der Waals surface area contributed by atoms with Gasteiger partial charge in [-0.2, -0.15) is 0 Å². The summed E-state index contributed by atoms with van der Waals surface area (Å²) in [7, 11) is 1.97. The number of ether oxygens (including phenoxy) is 1. The van der Waals surface area contributed by atoms with E-state index in [0.29, 0.717) is 13.2 Å². The van der Waals surface area contributed by atoms with Gasteiger partial charge in [0.2, 0.25) is 0 Å². The Balaban J connectivity index is 1.78. The van der Waals surface area contributed by atoms with E-state index in [9.17, 15) is 4.79 Å². The van der Waals surface area contributed by atoms with Gasteiger partial charge in [0.1, 0.15) is 12.0 Å². The molecule has 2 aromatic rings. The monoisotopic (exact) mass is 303 g/mol. The minimum Gasteiger partial charge on any atom is -0.466 e. The predicted molar refractivity (Wildman–Crippen MR) is 83.2 cm³/mol. The van der Waals surface area contributed by atoms with E-state index in [4.69, 9.17) is 4.74 Å². The number of aromatic amines is 1. The van der Waals surface area contributed by atoms with Gasteiger partial charge >= 0.3 is 5.97 Å². The third kappa shape index (κ3) is 2.76. The van der Waals surface area contributed by atoms with Crippen LogP contribution in [-0.4, -0.2) is 52.7 Å². The Morgan fingerprint density at radius 3 is 3.23 bits per heavy atom. The van der Waals surface area contributed by atoms with Crippen molar-refractivity contribution in [1.29, 1.82) is 0 Å². The van der Waals surface area contributed by atoms with Gasteiger partial charge in [-0.25, -0.2) is 15.0 Å². The summed E-state index contributed by atoms with van der Waals surface area (Å²) in [6, 6.07) is 1.97. The van der Waals surface area contributed by atoms with Crippen LogP contribution in [0.2, 0.25) is 0 Å². The molecule has 1 fully saturated rings. The maximum Gasteiger partial charge on any atom is 0.310 e. The molecule has 0 aliphatic carbocycles. The first-order chi connectivity index (χ1) is 10.7. The fourth-order valence-electron chi connectivity index (χ4n) is 2.93. The van der Waals surface area contributed by atoms with E-state index in [1.807, 2.05) is 31.2 Å². The van der Waals surface area contributed by atoms with Crippen LogP contribution in [0.4, 0.5) is 5.82 Å². The third-order valence-corrected chi connectivity index (χ3v) is 4.08. The van der Waals surface area contributed by atoms with Crippen LogP contribution in [-0.2, 0) is 9.53 Å². The number of anilines is 1. The lowest BCUT2D eigenvalue weighted by Gasteiger charge is -2.38. The van der Waals surface area contributed by atoms with Gasteiger partial charge in [0, 0.05) is 26.3 Å². The van der Waals surface area contributed by atoms with E-state index >= 15 is 0 Å². The summed E-state index contributed by atoms with van der Waals surface area (Å²) in [5.74, 6) is 0.672. The summed E-state index contributed by atoms with van der Waals surface area (Å²) in [5, 5.41) is 5.14. The lowest BCUT2D eigenvalue weighted by molar-refractivity contribution is -0.150. The minimum atomic E-state index is -0.102. The molecule has 3 rings (SSSR count). The molecule has 1 saturated heterocycles. The van der Waals surface area contributed by atoms with E-state index in [-0.39, 0.29) is 11.9 Å². The standard InChI is InChI=1S/C15H21N5O2/c1-3-22-15(21)11-5-4-8-20(9-11)19(2)14-12-6-7-16-13(12)17-10-18-14/h6-7,10-11H,3-5,8-9H2,1-2H3,(H,16,17,18). The number of rotatable bonds is 4. The third-order valence-electron chi connectivity index (χ3n) is 4.08. The lowest BCUT2D eigenvalue weighted by atomic mass is 9.99. The number of piperidine rings is 1. The van der Waals surface area contributed by atoms with Crippen molar-refractivity contribution < 1.29 is 9.53 Å². The van der Waals surface area contributed by atoms with Gasteiger partial charge in [-0.3, -0.25) is 9.80 Å². The Labute approximate surface area is 129 Å². The molecule has 0 amide bonds. The zero-order valence-corrected chi connectivity index (χ0v) is 13.0. The number of hydrazine groups is 1. The molecule has 0 aromatic carbocycles. The first-order valence-corrected chi connectivity index (χ1v) is 7.64. The van der Waals surface area contributed by atoms with Crippen molar-refractivity contribution in [2.45, 2.75) is 19.8 Å². The molecule has 1 unspecified atom stereocenters. The molecule has 7 heteroatoms. The van der Waals surface area contributed by atoms with Crippen LogP contribution in [0, 0.1) is 5.92 Å². The molecule has 0 spiro atoms. The van der Waals surface area contributed by atoms with E-state index in [0.717, 1.165) is 36.2 Å². The molecule has 118 valence electrons. The number of nitrogens with one attached hydrogen (secondary N) is 1. The summed E-state index contributed by atoms with van der Waals surface area (Å²) in [6.07, 6.45) is 5.26. The van der Waals surface area contributed by atoms with Crippen LogP contribution >= 0.6 is 0 Å². The number of esters is 1. The van der Waals surface area contributed by atoms with Crippen LogP contribution < -0.4 is 5.01 Å². The molecular weight excluding hydrogens is 282 g/mol. The second kappa shape index (κ2) is 6.31. The number of aromatic nitrogens is 3. The first-order valence-electron chi connectivity index (χ1n) is 7.64. The molecule has 1 aliphatic heterocycles. The largest absolute Gasteiger partial charge is 0.466 e. The molecule has 0 radical (unpaired) electrons. The van der Waals surface area contributed by atoms with E-state index < -0.39 is 0 Å². The van der Waals surface area contributed by atoms with Gasteiger partial charge in [-0.1, -0.05) is 0 Å². The summed E-state index contributed by atoms with van der Waals surface area (Å²) in [6.45, 7) is 3.84. The van der Waals surface area contributed by atoms with Crippen LogP contribution in [0.15, 0.2) is 18.6 Å². The highest BCUT2D eigenvalue weighted by molar-refractivity contribution is 5.86. The van der Waals surface area contributed by atoms with Crippen LogP contribution in [0.5, 0.6) is 0 Å². The second-order valence-corrected chi connectivity index (χ2v) is 5.46. The molecule has 22 heavy (non-hydrogen) atoms. The van der Waals surface area contributed by atoms with E-state index in [1.165, 1.54) is 0 Å². The Bertz CT molecular complexity index is 656. The van der Waals surface area contributed by atoms with E-state index in [2.05, 4.69) is 20.0 Å². The number of carbonyl (C=O) groups excluding carboxylic acids is 1. The summed E-state index contributed by atoms with van der Waals surface area (Å²) in [5.41, 5.74) is 0.816. The first kappa shape index (κ1) is 14.8. The van der Waals surface area contributed by atoms with Crippen LogP contribution in [0.3, 0.4) is 0 Å².